The van der Waals surface area contributed by atoms with E-state index in [1.165, 1.54) is 12.1 Å². The van der Waals surface area contributed by atoms with Crippen LogP contribution in [0.4, 0.5) is 4.39 Å². The van der Waals surface area contributed by atoms with Crippen molar-refractivity contribution in [3.63, 3.8) is 0 Å². The second-order valence-electron chi connectivity index (χ2n) is 6.33. The van der Waals surface area contributed by atoms with Gasteiger partial charge in [0.25, 0.3) is 0 Å². The predicted octanol–water partition coefficient (Wildman–Crippen LogP) is 5.42. The molecule has 3 aromatic rings. The highest BCUT2D eigenvalue weighted by atomic mass is 79.9. The summed E-state index contributed by atoms with van der Waals surface area (Å²) in [6.45, 7) is 0. The number of ether oxygens (including phenoxy) is 1. The average molecular weight is 413 g/mol. The van der Waals surface area contributed by atoms with Crippen LogP contribution in [-0.2, 0) is 0 Å². The Kier molecular flexibility index (Phi) is 3.60. The largest absolute Gasteiger partial charge is 0.464 e. The van der Waals surface area contributed by atoms with Gasteiger partial charge < -0.3 is 9.15 Å². The molecule has 130 valence electrons. The molecule has 0 saturated carbocycles. The Morgan fingerprint density at radius 3 is 2.73 bits per heavy atom. The van der Waals surface area contributed by atoms with E-state index in [9.17, 15) is 4.39 Å². The van der Waals surface area contributed by atoms with Gasteiger partial charge in [-0.05, 0) is 42.5 Å². The van der Waals surface area contributed by atoms with Gasteiger partial charge in [0, 0.05) is 22.0 Å². The zero-order valence-electron chi connectivity index (χ0n) is 13.6. The van der Waals surface area contributed by atoms with Crippen LogP contribution in [0.25, 0.3) is 0 Å². The monoisotopic (exact) mass is 412 g/mol. The van der Waals surface area contributed by atoms with Crippen molar-refractivity contribution < 1.29 is 13.5 Å². The first kappa shape index (κ1) is 15.6. The minimum absolute atomic E-state index is 0.0337. The topological polar surface area (TPSA) is 38.0 Å². The third-order valence-electron chi connectivity index (χ3n) is 4.71. The molecule has 0 fully saturated rings. The minimum atomic E-state index is -0.415. The second kappa shape index (κ2) is 5.99. The molecule has 2 aliphatic heterocycles. The van der Waals surface area contributed by atoms with Crippen LogP contribution in [0.5, 0.6) is 5.75 Å². The maximum absolute atomic E-state index is 13.4. The number of furan rings is 1. The Bertz CT molecular complexity index is 986. The van der Waals surface area contributed by atoms with E-state index in [2.05, 4.69) is 22.0 Å². The lowest BCUT2D eigenvalue weighted by Gasteiger charge is -2.38. The Morgan fingerprint density at radius 2 is 1.96 bits per heavy atom. The van der Waals surface area contributed by atoms with E-state index in [1.807, 2.05) is 29.3 Å². The van der Waals surface area contributed by atoms with Gasteiger partial charge in [0.05, 0.1) is 12.3 Å². The van der Waals surface area contributed by atoms with E-state index in [0.717, 1.165) is 39.2 Å². The van der Waals surface area contributed by atoms with E-state index < -0.39 is 6.23 Å². The molecular weight excluding hydrogens is 399 g/mol. The Morgan fingerprint density at radius 1 is 1.12 bits per heavy atom. The van der Waals surface area contributed by atoms with E-state index >= 15 is 0 Å². The van der Waals surface area contributed by atoms with Crippen molar-refractivity contribution in [2.45, 2.75) is 18.7 Å². The molecule has 2 aliphatic rings. The molecule has 6 heteroatoms. The summed E-state index contributed by atoms with van der Waals surface area (Å²) in [7, 11) is 0. The van der Waals surface area contributed by atoms with Crippen LogP contribution in [0.2, 0.25) is 0 Å². The molecule has 5 rings (SSSR count). The number of rotatable bonds is 2. The first-order valence-electron chi connectivity index (χ1n) is 8.30. The quantitative estimate of drug-likeness (QED) is 0.563. The molecule has 0 radical (unpaired) electrons. The van der Waals surface area contributed by atoms with Gasteiger partial charge in [-0.25, -0.2) is 9.40 Å². The first-order valence-corrected chi connectivity index (χ1v) is 9.09. The third-order valence-corrected chi connectivity index (χ3v) is 5.21. The van der Waals surface area contributed by atoms with Crippen LogP contribution in [0, 0.1) is 5.82 Å². The average Bonchev–Trinajstić information content (AvgIpc) is 3.32. The molecule has 0 amide bonds. The van der Waals surface area contributed by atoms with Gasteiger partial charge in [0.2, 0.25) is 6.23 Å². The molecular formula is C20H14BrFN2O2. The SMILES string of the molecule is Fc1ccc([C@H]2Oc3ccc(Br)cc3[C@H]3CC(c4ccco4)=NN32)cc1. The number of hydrogen-bond donors (Lipinski definition) is 0. The Balaban J connectivity index is 1.61. The molecule has 0 saturated heterocycles. The normalized spacial score (nSPS) is 21.0. The minimum Gasteiger partial charge on any atom is -0.464 e. The summed E-state index contributed by atoms with van der Waals surface area (Å²) in [5.74, 6) is 1.31. The van der Waals surface area contributed by atoms with E-state index in [0.29, 0.717) is 0 Å². The summed E-state index contributed by atoms with van der Waals surface area (Å²) in [5, 5.41) is 6.73. The first-order chi connectivity index (χ1) is 12.7. The Hall–Kier alpha value is -2.60. The number of benzene rings is 2. The van der Waals surface area contributed by atoms with E-state index in [4.69, 9.17) is 14.3 Å². The number of fused-ring (bicyclic) bond motifs is 3. The fourth-order valence-electron chi connectivity index (χ4n) is 3.50. The number of nitrogens with zero attached hydrogens (tertiary/aromatic N) is 2. The summed E-state index contributed by atoms with van der Waals surface area (Å²) in [6, 6.07) is 16.1. The van der Waals surface area contributed by atoms with Crippen LogP contribution in [0.3, 0.4) is 0 Å². The fourth-order valence-corrected chi connectivity index (χ4v) is 3.88. The highest BCUT2D eigenvalue weighted by Crippen LogP contribution is 2.48. The second-order valence-corrected chi connectivity index (χ2v) is 7.24. The van der Waals surface area contributed by atoms with Gasteiger partial charge >= 0.3 is 0 Å². The van der Waals surface area contributed by atoms with E-state index in [-0.39, 0.29) is 11.9 Å². The van der Waals surface area contributed by atoms with Crippen molar-refractivity contribution in [1.29, 1.82) is 0 Å². The molecule has 1 aromatic heterocycles. The molecule has 2 aromatic carbocycles. The molecule has 2 atom stereocenters. The summed E-state index contributed by atoms with van der Waals surface area (Å²) in [4.78, 5) is 0. The van der Waals surface area contributed by atoms with Crippen LogP contribution >= 0.6 is 15.9 Å². The van der Waals surface area contributed by atoms with Crippen LogP contribution in [-0.4, -0.2) is 10.7 Å². The molecule has 3 heterocycles. The highest BCUT2D eigenvalue weighted by molar-refractivity contribution is 9.10. The summed E-state index contributed by atoms with van der Waals surface area (Å²) < 4.78 is 26.1. The van der Waals surface area contributed by atoms with Gasteiger partial charge in [-0.3, -0.25) is 0 Å². The van der Waals surface area contributed by atoms with Crippen molar-refractivity contribution in [1.82, 2.24) is 5.01 Å². The van der Waals surface area contributed by atoms with Gasteiger partial charge in [-0.2, -0.15) is 5.10 Å². The maximum Gasteiger partial charge on any atom is 0.213 e. The van der Waals surface area contributed by atoms with Crippen molar-refractivity contribution in [3.8, 4) is 5.75 Å². The molecule has 0 unspecified atom stereocenters. The van der Waals surface area contributed by atoms with Gasteiger partial charge in [-0.15, -0.1) is 0 Å². The number of hydrazone groups is 1. The predicted molar refractivity (Wildman–Crippen MR) is 98.4 cm³/mol. The van der Waals surface area contributed by atoms with Crippen molar-refractivity contribution in [2.24, 2.45) is 5.10 Å². The zero-order valence-corrected chi connectivity index (χ0v) is 15.2. The number of halogens is 2. The smallest absolute Gasteiger partial charge is 0.213 e. The van der Waals surface area contributed by atoms with Crippen LogP contribution in [0.1, 0.15) is 35.6 Å². The molecule has 4 nitrogen and oxygen atoms in total. The lowest BCUT2D eigenvalue weighted by atomic mass is 9.97. The Labute approximate surface area is 158 Å². The van der Waals surface area contributed by atoms with Gasteiger partial charge in [-0.1, -0.05) is 28.1 Å². The zero-order chi connectivity index (χ0) is 17.7. The summed E-state index contributed by atoms with van der Waals surface area (Å²) >= 11 is 3.54. The standard InChI is InChI=1S/C20H14BrFN2O2/c21-13-5-8-18-15(10-13)17-11-16(19-2-1-9-25-19)23-24(17)20(26-18)12-3-6-14(22)7-4-12/h1-10,17,20H,11H2/t17-,20-/m1/s1. The molecule has 0 aliphatic carbocycles. The van der Waals surface area contributed by atoms with Crippen molar-refractivity contribution in [2.75, 3.05) is 0 Å². The molecule has 26 heavy (non-hydrogen) atoms. The molecule has 0 spiro atoms. The van der Waals surface area contributed by atoms with Crippen LogP contribution in [0.15, 0.2) is 74.9 Å². The van der Waals surface area contributed by atoms with Crippen molar-refractivity contribution in [3.05, 3.63) is 88.0 Å². The maximum atomic E-state index is 13.4. The fraction of sp³-hybridized carbons (Fsp3) is 0.150. The molecule has 0 bridgehead atoms. The highest BCUT2D eigenvalue weighted by Gasteiger charge is 2.41. The third kappa shape index (κ3) is 2.52. The van der Waals surface area contributed by atoms with Gasteiger partial charge in [0.15, 0.2) is 0 Å². The van der Waals surface area contributed by atoms with Crippen LogP contribution < -0.4 is 4.74 Å². The molecule has 0 N–H and O–H groups in total. The number of hydrogen-bond acceptors (Lipinski definition) is 4. The van der Waals surface area contributed by atoms with Crippen molar-refractivity contribution >= 4 is 21.6 Å². The van der Waals surface area contributed by atoms with Gasteiger partial charge in [0.1, 0.15) is 23.0 Å². The summed E-state index contributed by atoms with van der Waals surface area (Å²) in [5.41, 5.74) is 2.81. The lowest BCUT2D eigenvalue weighted by molar-refractivity contribution is -0.0191. The van der Waals surface area contributed by atoms with E-state index in [1.54, 1.807) is 18.4 Å². The lowest BCUT2D eigenvalue weighted by Crippen LogP contribution is -2.33. The summed E-state index contributed by atoms with van der Waals surface area (Å²) in [6.07, 6.45) is 1.95.